The lowest BCUT2D eigenvalue weighted by molar-refractivity contribution is 0.178. The Labute approximate surface area is 126 Å². The number of rotatable bonds is 5. The van der Waals surface area contributed by atoms with E-state index in [-0.39, 0.29) is 4.90 Å². The summed E-state index contributed by atoms with van der Waals surface area (Å²) >= 11 is 0. The summed E-state index contributed by atoms with van der Waals surface area (Å²) in [5, 5.41) is 10.2. The van der Waals surface area contributed by atoms with E-state index in [1.54, 1.807) is 12.1 Å². The summed E-state index contributed by atoms with van der Waals surface area (Å²) in [5.74, 6) is 0. The van der Waals surface area contributed by atoms with E-state index in [4.69, 9.17) is 0 Å². The van der Waals surface area contributed by atoms with Crippen molar-refractivity contribution in [1.82, 2.24) is 0 Å². The highest BCUT2D eigenvalue weighted by atomic mass is 32.2. The third-order valence-electron chi connectivity index (χ3n) is 3.55. The Hall–Kier alpha value is -1.65. The summed E-state index contributed by atoms with van der Waals surface area (Å²) in [5.41, 5.74) is 3.06. The highest BCUT2D eigenvalue weighted by molar-refractivity contribution is 7.90. The first-order chi connectivity index (χ1) is 9.90. The van der Waals surface area contributed by atoms with Gasteiger partial charge in [-0.25, -0.2) is 8.42 Å². The van der Waals surface area contributed by atoms with Gasteiger partial charge in [0.25, 0.3) is 0 Å². The number of hydrogen-bond acceptors (Lipinski definition) is 3. The molecule has 0 heterocycles. The molecule has 0 aliphatic heterocycles. The Morgan fingerprint density at radius 1 is 0.952 bits per heavy atom. The van der Waals surface area contributed by atoms with Crippen molar-refractivity contribution in [3.8, 4) is 0 Å². The van der Waals surface area contributed by atoms with Crippen LogP contribution >= 0.6 is 0 Å². The molecular formula is C17H20O3S. The Bertz CT molecular complexity index is 686. The van der Waals surface area contributed by atoms with E-state index in [2.05, 4.69) is 19.1 Å². The average molecular weight is 304 g/mol. The molecule has 0 radical (unpaired) electrons. The molecule has 0 fully saturated rings. The van der Waals surface area contributed by atoms with Crippen molar-refractivity contribution in [1.29, 1.82) is 0 Å². The van der Waals surface area contributed by atoms with Gasteiger partial charge in [0.05, 0.1) is 11.0 Å². The number of benzene rings is 2. The molecule has 1 unspecified atom stereocenters. The van der Waals surface area contributed by atoms with Crippen molar-refractivity contribution in [2.75, 3.05) is 6.26 Å². The molecule has 0 aliphatic carbocycles. The van der Waals surface area contributed by atoms with Crippen LogP contribution in [0.25, 0.3) is 0 Å². The molecule has 0 aliphatic rings. The summed E-state index contributed by atoms with van der Waals surface area (Å²) < 4.78 is 22.8. The van der Waals surface area contributed by atoms with Crippen LogP contribution in [0.4, 0.5) is 0 Å². The fourth-order valence-electron chi connectivity index (χ4n) is 2.19. The van der Waals surface area contributed by atoms with Crippen LogP contribution in [0, 0.1) is 0 Å². The lowest BCUT2D eigenvalue weighted by Gasteiger charge is -2.12. The minimum atomic E-state index is -3.19. The van der Waals surface area contributed by atoms with E-state index in [9.17, 15) is 13.5 Å². The lowest BCUT2D eigenvalue weighted by Crippen LogP contribution is -2.03. The Morgan fingerprint density at radius 3 is 1.95 bits per heavy atom. The molecule has 0 saturated carbocycles. The summed E-state index contributed by atoms with van der Waals surface area (Å²) in [6, 6.07) is 14.6. The molecule has 4 heteroatoms. The van der Waals surface area contributed by atoms with E-state index < -0.39 is 15.9 Å². The first kappa shape index (κ1) is 15.7. The van der Waals surface area contributed by atoms with Gasteiger partial charge in [-0.2, -0.15) is 0 Å². The molecular weight excluding hydrogens is 284 g/mol. The first-order valence-electron chi connectivity index (χ1n) is 6.96. The molecule has 3 nitrogen and oxygen atoms in total. The normalized spacial score (nSPS) is 13.1. The molecule has 2 aromatic carbocycles. The van der Waals surface area contributed by atoms with Crippen LogP contribution in [0.5, 0.6) is 0 Å². The zero-order valence-corrected chi connectivity index (χ0v) is 13.1. The molecule has 2 aromatic rings. The van der Waals surface area contributed by atoms with Gasteiger partial charge in [-0.05, 0) is 35.2 Å². The molecule has 1 N–H and O–H groups in total. The molecule has 2 rings (SSSR count). The second-order valence-electron chi connectivity index (χ2n) is 5.23. The fourth-order valence-corrected chi connectivity index (χ4v) is 2.82. The minimum absolute atomic E-state index is 0.269. The summed E-state index contributed by atoms with van der Waals surface area (Å²) in [7, 11) is -3.19. The second kappa shape index (κ2) is 6.41. The van der Waals surface area contributed by atoms with Gasteiger partial charge in [-0.1, -0.05) is 43.3 Å². The molecule has 0 bridgehead atoms. The number of aliphatic hydroxyl groups excluding tert-OH is 1. The Morgan fingerprint density at radius 2 is 1.48 bits per heavy atom. The quantitative estimate of drug-likeness (QED) is 0.924. The van der Waals surface area contributed by atoms with E-state index in [1.807, 2.05) is 12.1 Å². The average Bonchev–Trinajstić information content (AvgIpc) is 2.47. The molecule has 21 heavy (non-hydrogen) atoms. The monoisotopic (exact) mass is 304 g/mol. The van der Waals surface area contributed by atoms with E-state index in [0.29, 0.717) is 6.42 Å². The van der Waals surface area contributed by atoms with Gasteiger partial charge in [0.15, 0.2) is 9.84 Å². The van der Waals surface area contributed by atoms with Crippen LogP contribution < -0.4 is 0 Å². The highest BCUT2D eigenvalue weighted by Gasteiger charge is 2.11. The number of aliphatic hydroxyl groups is 1. The maximum absolute atomic E-state index is 11.4. The van der Waals surface area contributed by atoms with Crippen LogP contribution in [0.15, 0.2) is 53.4 Å². The lowest BCUT2D eigenvalue weighted by atomic mass is 10.0. The Kier molecular flexibility index (Phi) is 4.80. The summed E-state index contributed by atoms with van der Waals surface area (Å²) in [6.45, 7) is 2.10. The zero-order valence-electron chi connectivity index (χ0n) is 12.3. The Balaban J connectivity index is 2.10. The molecule has 0 amide bonds. The van der Waals surface area contributed by atoms with Crippen LogP contribution in [-0.2, 0) is 22.7 Å². The van der Waals surface area contributed by atoms with Crippen LogP contribution in [0.1, 0.15) is 29.7 Å². The third kappa shape index (κ3) is 4.16. The van der Waals surface area contributed by atoms with Gasteiger partial charge >= 0.3 is 0 Å². The van der Waals surface area contributed by atoms with Gasteiger partial charge in [-0.3, -0.25) is 0 Å². The predicted molar refractivity (Wildman–Crippen MR) is 84.0 cm³/mol. The maximum atomic E-state index is 11.4. The van der Waals surface area contributed by atoms with Gasteiger partial charge in [-0.15, -0.1) is 0 Å². The first-order valence-corrected chi connectivity index (χ1v) is 8.85. The molecule has 112 valence electrons. The minimum Gasteiger partial charge on any atom is -0.388 e. The smallest absolute Gasteiger partial charge is 0.175 e. The van der Waals surface area contributed by atoms with Crippen molar-refractivity contribution < 1.29 is 13.5 Å². The van der Waals surface area contributed by atoms with Crippen molar-refractivity contribution in [3.63, 3.8) is 0 Å². The van der Waals surface area contributed by atoms with Gasteiger partial charge in [0.2, 0.25) is 0 Å². The van der Waals surface area contributed by atoms with Crippen molar-refractivity contribution in [3.05, 3.63) is 65.2 Å². The largest absolute Gasteiger partial charge is 0.388 e. The molecule has 0 spiro atoms. The number of sulfone groups is 1. The maximum Gasteiger partial charge on any atom is 0.175 e. The molecule has 0 saturated heterocycles. The van der Waals surface area contributed by atoms with Crippen molar-refractivity contribution in [2.24, 2.45) is 0 Å². The van der Waals surface area contributed by atoms with Gasteiger partial charge in [0.1, 0.15) is 0 Å². The number of hydrogen-bond donors (Lipinski definition) is 1. The SMILES string of the molecule is CCc1ccc(CC(O)c2ccc(S(C)(=O)=O)cc2)cc1. The van der Waals surface area contributed by atoms with Crippen LogP contribution in [0.3, 0.4) is 0 Å². The van der Waals surface area contributed by atoms with Gasteiger partial charge < -0.3 is 5.11 Å². The zero-order chi connectivity index (χ0) is 15.5. The third-order valence-corrected chi connectivity index (χ3v) is 4.68. The van der Waals surface area contributed by atoms with E-state index >= 15 is 0 Å². The number of aryl methyl sites for hydroxylation is 1. The summed E-state index contributed by atoms with van der Waals surface area (Å²) in [6.07, 6.45) is 2.05. The molecule has 0 aromatic heterocycles. The predicted octanol–water partition coefficient (Wildman–Crippen LogP) is 2.93. The highest BCUT2D eigenvalue weighted by Crippen LogP contribution is 2.20. The van der Waals surface area contributed by atoms with Crippen LogP contribution in [-0.4, -0.2) is 19.8 Å². The fraction of sp³-hybridized carbons (Fsp3) is 0.294. The second-order valence-corrected chi connectivity index (χ2v) is 7.25. The van der Waals surface area contributed by atoms with Crippen molar-refractivity contribution in [2.45, 2.75) is 30.8 Å². The van der Waals surface area contributed by atoms with E-state index in [1.165, 1.54) is 24.0 Å². The molecule has 1 atom stereocenters. The van der Waals surface area contributed by atoms with Crippen molar-refractivity contribution >= 4 is 9.84 Å². The topological polar surface area (TPSA) is 54.4 Å². The van der Waals surface area contributed by atoms with Crippen LogP contribution in [0.2, 0.25) is 0 Å². The standard InChI is InChI=1S/C17H20O3S/c1-3-13-4-6-14(7-5-13)12-17(18)15-8-10-16(11-9-15)21(2,19)20/h4-11,17-18H,3,12H2,1-2H3. The van der Waals surface area contributed by atoms with E-state index in [0.717, 1.165) is 17.5 Å². The summed E-state index contributed by atoms with van der Waals surface area (Å²) in [4.78, 5) is 0.269. The van der Waals surface area contributed by atoms with Gasteiger partial charge in [0, 0.05) is 12.7 Å².